The number of carbonyl (C=O) groups is 1. The molecule has 5 nitrogen and oxygen atoms in total. The molecule has 1 aliphatic heterocycles. The second-order valence-electron chi connectivity index (χ2n) is 6.07. The van der Waals surface area contributed by atoms with Gasteiger partial charge < -0.3 is 15.5 Å². The highest BCUT2D eigenvalue weighted by molar-refractivity contribution is 7.15. The van der Waals surface area contributed by atoms with Crippen LogP contribution in [0.3, 0.4) is 0 Å². The topological polar surface area (TPSA) is 62.5 Å². The Balaban J connectivity index is 0.00000169. The van der Waals surface area contributed by atoms with Gasteiger partial charge in [-0.1, -0.05) is 37.3 Å². The van der Waals surface area contributed by atoms with E-state index in [2.05, 4.69) is 16.8 Å². The molecule has 2 aromatic rings. The van der Waals surface area contributed by atoms with Crippen molar-refractivity contribution in [2.75, 3.05) is 31.1 Å². The largest absolute Gasteiger partial charge is 0.345 e. The first kappa shape index (κ1) is 22.7. The van der Waals surface area contributed by atoms with Crippen LogP contribution in [0, 0.1) is 0 Å². The molecule has 1 unspecified atom stereocenters. The molecule has 0 radical (unpaired) electrons. The number of rotatable bonds is 5. The smallest absolute Gasteiger partial charge is 0.239 e. The molecule has 3 rings (SSSR count). The van der Waals surface area contributed by atoms with Crippen molar-refractivity contribution in [1.82, 2.24) is 9.88 Å². The number of nitrogens with two attached hydrogens (primary N) is 1. The summed E-state index contributed by atoms with van der Waals surface area (Å²) < 4.78 is 0. The Hall–Kier alpha value is -1.34. The van der Waals surface area contributed by atoms with Gasteiger partial charge in [0.15, 0.2) is 5.13 Å². The van der Waals surface area contributed by atoms with Crippen molar-refractivity contribution in [3.8, 4) is 0 Å². The van der Waals surface area contributed by atoms with E-state index >= 15 is 0 Å². The number of hydrogen-bond donors (Lipinski definition) is 1. The SMILES string of the molecule is CCc1cnc(N2CCN(C(=O)C(N)Cc3ccccc3)CC2)s1.Cl.Cl. The average Bonchev–Trinajstić information content (AvgIpc) is 3.11. The number of aromatic nitrogens is 1. The number of piperazine rings is 1. The van der Waals surface area contributed by atoms with E-state index in [-0.39, 0.29) is 30.7 Å². The van der Waals surface area contributed by atoms with Crippen LogP contribution >= 0.6 is 36.2 Å². The van der Waals surface area contributed by atoms with Gasteiger partial charge in [-0.2, -0.15) is 0 Å². The summed E-state index contributed by atoms with van der Waals surface area (Å²) in [4.78, 5) is 22.5. The van der Waals surface area contributed by atoms with E-state index in [4.69, 9.17) is 5.73 Å². The van der Waals surface area contributed by atoms with Crippen molar-refractivity contribution < 1.29 is 4.79 Å². The predicted molar refractivity (Wildman–Crippen MR) is 113 cm³/mol. The number of benzene rings is 1. The van der Waals surface area contributed by atoms with Crippen LogP contribution in [0.5, 0.6) is 0 Å². The molecular weight excluding hydrogens is 391 g/mol. The standard InChI is InChI=1S/C18H24N4OS.2ClH/c1-2-15-13-20-18(24-15)22-10-8-21(9-11-22)17(23)16(19)12-14-6-4-3-5-7-14;;/h3-7,13,16H,2,8-12,19H2,1H3;2*1H. The zero-order chi connectivity index (χ0) is 16.9. The Labute approximate surface area is 171 Å². The van der Waals surface area contributed by atoms with Crippen molar-refractivity contribution in [3.05, 3.63) is 47.0 Å². The van der Waals surface area contributed by atoms with Crippen LogP contribution < -0.4 is 10.6 Å². The highest BCUT2D eigenvalue weighted by Crippen LogP contribution is 2.24. The first-order valence-electron chi connectivity index (χ1n) is 8.45. The van der Waals surface area contributed by atoms with Gasteiger partial charge in [0.1, 0.15) is 0 Å². The lowest BCUT2D eigenvalue weighted by Crippen LogP contribution is -2.53. The van der Waals surface area contributed by atoms with Gasteiger partial charge in [-0.15, -0.1) is 36.2 Å². The molecule has 0 saturated carbocycles. The quantitative estimate of drug-likeness (QED) is 0.813. The molecule has 1 aliphatic rings. The van der Waals surface area contributed by atoms with Gasteiger partial charge in [-0.05, 0) is 18.4 Å². The molecule has 2 heterocycles. The second kappa shape index (κ2) is 10.7. The number of nitrogens with zero attached hydrogens (tertiary/aromatic N) is 3. The minimum absolute atomic E-state index is 0. The van der Waals surface area contributed by atoms with Gasteiger partial charge in [-0.25, -0.2) is 4.98 Å². The highest BCUT2D eigenvalue weighted by atomic mass is 35.5. The van der Waals surface area contributed by atoms with Gasteiger partial charge in [0.2, 0.25) is 5.91 Å². The van der Waals surface area contributed by atoms with E-state index in [0.717, 1.165) is 30.2 Å². The van der Waals surface area contributed by atoms with Crippen molar-refractivity contribution in [3.63, 3.8) is 0 Å². The number of halogens is 2. The predicted octanol–water partition coefficient (Wildman–Crippen LogP) is 2.77. The number of aryl methyl sites for hydroxylation is 1. The first-order chi connectivity index (χ1) is 11.7. The van der Waals surface area contributed by atoms with Crippen molar-refractivity contribution in [2.45, 2.75) is 25.8 Å². The van der Waals surface area contributed by atoms with Crippen LogP contribution in [0.25, 0.3) is 0 Å². The normalized spacial score (nSPS) is 15.0. The highest BCUT2D eigenvalue weighted by Gasteiger charge is 2.26. The molecule has 0 spiro atoms. The zero-order valence-electron chi connectivity index (χ0n) is 14.8. The minimum atomic E-state index is -0.467. The van der Waals surface area contributed by atoms with Gasteiger partial charge in [0.25, 0.3) is 0 Å². The lowest BCUT2D eigenvalue weighted by Gasteiger charge is -2.35. The molecule has 0 aliphatic carbocycles. The zero-order valence-corrected chi connectivity index (χ0v) is 17.3. The molecule has 1 aromatic heterocycles. The fourth-order valence-corrected chi connectivity index (χ4v) is 3.82. The van der Waals surface area contributed by atoms with E-state index in [1.165, 1.54) is 4.88 Å². The van der Waals surface area contributed by atoms with Crippen molar-refractivity contribution >= 4 is 47.2 Å². The van der Waals surface area contributed by atoms with Gasteiger partial charge >= 0.3 is 0 Å². The number of amides is 1. The number of thiazole rings is 1. The second-order valence-corrected chi connectivity index (χ2v) is 7.16. The fourth-order valence-electron chi connectivity index (χ4n) is 2.91. The summed E-state index contributed by atoms with van der Waals surface area (Å²) in [6, 6.07) is 9.48. The van der Waals surface area contributed by atoms with Crippen LogP contribution in [0.15, 0.2) is 36.5 Å². The first-order valence-corrected chi connectivity index (χ1v) is 9.27. The van der Waals surface area contributed by atoms with Crippen molar-refractivity contribution in [2.24, 2.45) is 5.73 Å². The van der Waals surface area contributed by atoms with Gasteiger partial charge in [0, 0.05) is 37.3 Å². The molecule has 8 heteroatoms. The van der Waals surface area contributed by atoms with Crippen molar-refractivity contribution in [1.29, 1.82) is 0 Å². The number of hydrogen-bond acceptors (Lipinski definition) is 5. The third-order valence-corrected chi connectivity index (χ3v) is 5.57. The van der Waals surface area contributed by atoms with E-state index < -0.39 is 6.04 Å². The molecule has 1 atom stereocenters. The van der Waals surface area contributed by atoms with Crippen LogP contribution in [0.4, 0.5) is 5.13 Å². The van der Waals surface area contributed by atoms with E-state index in [1.54, 1.807) is 11.3 Å². The Kier molecular flexibility index (Phi) is 9.36. The Morgan fingerprint density at radius 3 is 2.42 bits per heavy atom. The summed E-state index contributed by atoms with van der Waals surface area (Å²) in [5.41, 5.74) is 7.24. The summed E-state index contributed by atoms with van der Waals surface area (Å²) in [6.07, 6.45) is 3.56. The van der Waals surface area contributed by atoms with Crippen LogP contribution in [-0.4, -0.2) is 48.0 Å². The maximum Gasteiger partial charge on any atom is 0.239 e. The van der Waals surface area contributed by atoms with E-state index in [1.807, 2.05) is 41.4 Å². The summed E-state index contributed by atoms with van der Waals surface area (Å²) in [7, 11) is 0. The summed E-state index contributed by atoms with van der Waals surface area (Å²) in [6.45, 7) is 5.20. The average molecular weight is 417 g/mol. The molecular formula is C18H26Cl2N4OS. The molecule has 1 aromatic carbocycles. The molecule has 1 amide bonds. The molecule has 1 fully saturated rings. The Bertz CT molecular complexity index is 675. The maximum absolute atomic E-state index is 12.6. The molecule has 26 heavy (non-hydrogen) atoms. The van der Waals surface area contributed by atoms with Gasteiger partial charge in [-0.3, -0.25) is 4.79 Å². The monoisotopic (exact) mass is 416 g/mol. The lowest BCUT2D eigenvalue weighted by molar-refractivity contribution is -0.132. The number of anilines is 1. The molecule has 1 saturated heterocycles. The summed E-state index contributed by atoms with van der Waals surface area (Å²) in [5, 5.41) is 1.06. The molecule has 144 valence electrons. The Morgan fingerprint density at radius 1 is 1.19 bits per heavy atom. The fraction of sp³-hybridized carbons (Fsp3) is 0.444. The maximum atomic E-state index is 12.6. The Morgan fingerprint density at radius 2 is 1.85 bits per heavy atom. The van der Waals surface area contributed by atoms with Crippen LogP contribution in [-0.2, 0) is 17.6 Å². The third kappa shape index (κ3) is 5.58. The van der Waals surface area contributed by atoms with E-state index in [9.17, 15) is 4.79 Å². The lowest BCUT2D eigenvalue weighted by atomic mass is 10.1. The number of carbonyl (C=O) groups excluding carboxylic acids is 1. The molecule has 2 N–H and O–H groups in total. The van der Waals surface area contributed by atoms with Crippen LogP contribution in [0.1, 0.15) is 17.4 Å². The third-order valence-electron chi connectivity index (χ3n) is 4.37. The minimum Gasteiger partial charge on any atom is -0.345 e. The van der Waals surface area contributed by atoms with Crippen LogP contribution in [0.2, 0.25) is 0 Å². The van der Waals surface area contributed by atoms with E-state index in [0.29, 0.717) is 19.5 Å². The summed E-state index contributed by atoms with van der Waals surface area (Å²) in [5.74, 6) is 0.0480. The van der Waals surface area contributed by atoms with Gasteiger partial charge in [0.05, 0.1) is 6.04 Å². The molecule has 0 bridgehead atoms. The summed E-state index contributed by atoms with van der Waals surface area (Å²) >= 11 is 1.74.